The zero-order chi connectivity index (χ0) is 14.9. The molecule has 2 aliphatic rings. The van der Waals surface area contributed by atoms with Crippen molar-refractivity contribution in [2.45, 2.75) is 31.7 Å². The molecule has 114 valence electrons. The molecule has 2 aromatic rings. The molecule has 2 aromatic carbocycles. The van der Waals surface area contributed by atoms with Crippen LogP contribution in [0.4, 0.5) is 0 Å². The van der Waals surface area contributed by atoms with Gasteiger partial charge in [-0.3, -0.25) is 0 Å². The van der Waals surface area contributed by atoms with Crippen molar-refractivity contribution in [3.05, 3.63) is 70.2 Å². The SMILES string of the molecule is Clc1cccc([C@@H]2OCCC[C@H]2[C@@H]2OCc3ccccc32)c1. The summed E-state index contributed by atoms with van der Waals surface area (Å²) >= 11 is 6.17. The number of hydrogen-bond acceptors (Lipinski definition) is 2. The highest BCUT2D eigenvalue weighted by Gasteiger charge is 2.38. The van der Waals surface area contributed by atoms with Crippen LogP contribution in [0.15, 0.2) is 48.5 Å². The first-order valence-electron chi connectivity index (χ1n) is 7.89. The highest BCUT2D eigenvalue weighted by molar-refractivity contribution is 6.30. The molecule has 0 spiro atoms. The molecule has 0 unspecified atom stereocenters. The van der Waals surface area contributed by atoms with E-state index in [0.717, 1.165) is 30.0 Å². The highest BCUT2D eigenvalue weighted by atomic mass is 35.5. The molecule has 0 aromatic heterocycles. The van der Waals surface area contributed by atoms with Gasteiger partial charge in [-0.05, 0) is 41.7 Å². The first kappa shape index (κ1) is 14.3. The topological polar surface area (TPSA) is 18.5 Å². The Balaban J connectivity index is 1.67. The maximum Gasteiger partial charge on any atom is 0.0889 e. The number of rotatable bonds is 2. The molecule has 1 saturated heterocycles. The van der Waals surface area contributed by atoms with E-state index in [1.807, 2.05) is 18.2 Å². The van der Waals surface area contributed by atoms with Gasteiger partial charge in [-0.15, -0.1) is 0 Å². The van der Waals surface area contributed by atoms with E-state index in [1.165, 1.54) is 11.1 Å². The first-order valence-corrected chi connectivity index (χ1v) is 8.27. The minimum atomic E-state index is 0.0589. The van der Waals surface area contributed by atoms with E-state index >= 15 is 0 Å². The molecule has 0 N–H and O–H groups in total. The van der Waals surface area contributed by atoms with Gasteiger partial charge in [0.2, 0.25) is 0 Å². The van der Waals surface area contributed by atoms with E-state index in [9.17, 15) is 0 Å². The fourth-order valence-electron chi connectivity index (χ4n) is 3.71. The lowest BCUT2D eigenvalue weighted by molar-refractivity contribution is -0.0931. The van der Waals surface area contributed by atoms with Crippen LogP contribution in [0, 0.1) is 5.92 Å². The maximum absolute atomic E-state index is 6.17. The molecule has 4 rings (SSSR count). The number of ether oxygens (including phenoxy) is 2. The van der Waals surface area contributed by atoms with E-state index in [2.05, 4.69) is 30.3 Å². The minimum absolute atomic E-state index is 0.0589. The highest BCUT2D eigenvalue weighted by Crippen LogP contribution is 2.46. The number of hydrogen-bond donors (Lipinski definition) is 0. The van der Waals surface area contributed by atoms with Gasteiger partial charge in [0.25, 0.3) is 0 Å². The molecule has 0 radical (unpaired) electrons. The number of fused-ring (bicyclic) bond motifs is 1. The Morgan fingerprint density at radius 3 is 2.77 bits per heavy atom. The Morgan fingerprint density at radius 2 is 1.86 bits per heavy atom. The molecule has 2 nitrogen and oxygen atoms in total. The van der Waals surface area contributed by atoms with Crippen LogP contribution in [0.1, 0.15) is 41.7 Å². The van der Waals surface area contributed by atoms with Crippen LogP contribution in [0.25, 0.3) is 0 Å². The summed E-state index contributed by atoms with van der Waals surface area (Å²) in [5, 5.41) is 0.762. The molecule has 2 heterocycles. The molecular weight excluding hydrogens is 296 g/mol. The van der Waals surface area contributed by atoms with Gasteiger partial charge >= 0.3 is 0 Å². The van der Waals surface area contributed by atoms with Crippen LogP contribution in [0.2, 0.25) is 5.02 Å². The lowest BCUT2D eigenvalue weighted by Crippen LogP contribution is -2.27. The van der Waals surface area contributed by atoms with Crippen molar-refractivity contribution in [3.63, 3.8) is 0 Å². The predicted molar refractivity (Wildman–Crippen MR) is 86.8 cm³/mol. The first-order chi connectivity index (χ1) is 10.8. The third-order valence-corrected chi connectivity index (χ3v) is 4.95. The standard InChI is InChI=1S/C19H19ClO2/c20-15-7-3-6-13(11-15)18-17(9-4-10-21-18)19-16-8-2-1-5-14(16)12-22-19/h1-3,5-8,11,17-19H,4,9-10,12H2/t17-,18+,19-/m1/s1. The molecule has 3 heteroatoms. The maximum atomic E-state index is 6.17. The van der Waals surface area contributed by atoms with E-state index in [0.29, 0.717) is 12.5 Å². The Hall–Kier alpha value is -1.35. The van der Waals surface area contributed by atoms with Gasteiger partial charge < -0.3 is 9.47 Å². The fourth-order valence-corrected chi connectivity index (χ4v) is 3.91. The van der Waals surface area contributed by atoms with Crippen LogP contribution < -0.4 is 0 Å². The van der Waals surface area contributed by atoms with Gasteiger partial charge in [0, 0.05) is 17.5 Å². The van der Waals surface area contributed by atoms with Gasteiger partial charge in [0.1, 0.15) is 0 Å². The monoisotopic (exact) mass is 314 g/mol. The summed E-state index contributed by atoms with van der Waals surface area (Å²) in [4.78, 5) is 0. The summed E-state index contributed by atoms with van der Waals surface area (Å²) in [5.74, 6) is 0.343. The quantitative estimate of drug-likeness (QED) is 0.769. The Kier molecular flexibility index (Phi) is 3.91. The van der Waals surface area contributed by atoms with E-state index in [-0.39, 0.29) is 12.2 Å². The zero-order valence-electron chi connectivity index (χ0n) is 12.4. The third-order valence-electron chi connectivity index (χ3n) is 4.71. The summed E-state index contributed by atoms with van der Waals surface area (Å²) < 4.78 is 12.3. The van der Waals surface area contributed by atoms with Crippen molar-refractivity contribution in [3.8, 4) is 0 Å². The third kappa shape index (κ3) is 2.56. The van der Waals surface area contributed by atoms with Crippen molar-refractivity contribution < 1.29 is 9.47 Å². The van der Waals surface area contributed by atoms with Crippen LogP contribution in [-0.4, -0.2) is 6.61 Å². The number of halogens is 1. The predicted octanol–water partition coefficient (Wildman–Crippen LogP) is 5.08. The Morgan fingerprint density at radius 1 is 0.955 bits per heavy atom. The van der Waals surface area contributed by atoms with E-state index < -0.39 is 0 Å². The molecule has 22 heavy (non-hydrogen) atoms. The van der Waals surface area contributed by atoms with Crippen molar-refractivity contribution in [1.82, 2.24) is 0 Å². The molecule has 3 atom stereocenters. The largest absolute Gasteiger partial charge is 0.373 e. The van der Waals surface area contributed by atoms with Crippen molar-refractivity contribution in [2.24, 2.45) is 5.92 Å². The van der Waals surface area contributed by atoms with Crippen LogP contribution in [-0.2, 0) is 16.1 Å². The van der Waals surface area contributed by atoms with E-state index in [4.69, 9.17) is 21.1 Å². The molecule has 1 fully saturated rings. The Labute approximate surface area is 136 Å². The van der Waals surface area contributed by atoms with Gasteiger partial charge in [-0.1, -0.05) is 48.0 Å². The van der Waals surface area contributed by atoms with Crippen LogP contribution >= 0.6 is 11.6 Å². The summed E-state index contributed by atoms with van der Waals surface area (Å²) in [6.07, 6.45) is 2.39. The summed E-state index contributed by atoms with van der Waals surface area (Å²) in [6.45, 7) is 1.52. The summed E-state index contributed by atoms with van der Waals surface area (Å²) in [6, 6.07) is 16.6. The average Bonchev–Trinajstić information content (AvgIpc) is 2.99. The van der Waals surface area contributed by atoms with Gasteiger partial charge in [0.15, 0.2) is 0 Å². The minimum Gasteiger partial charge on any atom is -0.373 e. The van der Waals surface area contributed by atoms with Gasteiger partial charge in [-0.25, -0.2) is 0 Å². The average molecular weight is 315 g/mol. The van der Waals surface area contributed by atoms with Crippen LogP contribution in [0.3, 0.4) is 0 Å². The zero-order valence-corrected chi connectivity index (χ0v) is 13.1. The number of benzene rings is 2. The second kappa shape index (κ2) is 6.04. The van der Waals surface area contributed by atoms with Crippen LogP contribution in [0.5, 0.6) is 0 Å². The summed E-state index contributed by atoms with van der Waals surface area (Å²) in [7, 11) is 0. The molecule has 0 saturated carbocycles. The Bertz CT molecular complexity index is 670. The molecule has 0 amide bonds. The van der Waals surface area contributed by atoms with Gasteiger partial charge in [0.05, 0.1) is 18.8 Å². The van der Waals surface area contributed by atoms with Crippen molar-refractivity contribution in [1.29, 1.82) is 0 Å². The van der Waals surface area contributed by atoms with E-state index in [1.54, 1.807) is 0 Å². The lowest BCUT2D eigenvalue weighted by Gasteiger charge is -2.35. The normalized spacial score (nSPS) is 27.6. The van der Waals surface area contributed by atoms with Gasteiger partial charge in [-0.2, -0.15) is 0 Å². The second-order valence-corrected chi connectivity index (χ2v) is 6.52. The second-order valence-electron chi connectivity index (χ2n) is 6.08. The molecular formula is C19H19ClO2. The van der Waals surface area contributed by atoms with Crippen molar-refractivity contribution >= 4 is 11.6 Å². The molecule has 0 bridgehead atoms. The molecule has 2 aliphatic heterocycles. The molecule has 0 aliphatic carbocycles. The van der Waals surface area contributed by atoms with Crippen molar-refractivity contribution in [2.75, 3.05) is 6.61 Å². The fraction of sp³-hybridized carbons (Fsp3) is 0.368. The smallest absolute Gasteiger partial charge is 0.0889 e. The lowest BCUT2D eigenvalue weighted by atomic mass is 9.82. The summed E-state index contributed by atoms with van der Waals surface area (Å²) in [5.41, 5.74) is 3.79.